The maximum Gasteiger partial charge on any atom is 0.332 e. The zero-order valence-electron chi connectivity index (χ0n) is 17.0. The zero-order valence-corrected chi connectivity index (χ0v) is 17.9. The van der Waals surface area contributed by atoms with Gasteiger partial charge in [-0.1, -0.05) is 0 Å². The molecule has 0 aliphatic carbocycles. The van der Waals surface area contributed by atoms with E-state index in [1.54, 1.807) is 4.90 Å². The van der Waals surface area contributed by atoms with E-state index in [2.05, 4.69) is 4.98 Å². The molecule has 11 heteroatoms. The number of thioether (sulfide) groups is 1. The molecule has 3 heterocycles. The number of amides is 1. The lowest BCUT2D eigenvalue weighted by molar-refractivity contribution is -0.131. The van der Waals surface area contributed by atoms with E-state index in [1.165, 1.54) is 47.4 Å². The highest BCUT2D eigenvalue weighted by atomic mass is 32.2. The van der Waals surface area contributed by atoms with E-state index >= 15 is 0 Å². The van der Waals surface area contributed by atoms with Crippen LogP contribution in [0.2, 0.25) is 0 Å². The number of hydrogen-bond donors (Lipinski definition) is 0. The Morgan fingerprint density at radius 3 is 2.74 bits per heavy atom. The van der Waals surface area contributed by atoms with Gasteiger partial charge in [-0.2, -0.15) is 11.8 Å². The Balaban J connectivity index is 1.53. The summed E-state index contributed by atoms with van der Waals surface area (Å²) >= 11 is 1.49. The van der Waals surface area contributed by atoms with Gasteiger partial charge in [-0.05, 0) is 24.6 Å². The van der Waals surface area contributed by atoms with Gasteiger partial charge in [0.15, 0.2) is 11.2 Å². The maximum atomic E-state index is 14.1. The average molecular weight is 449 g/mol. The minimum absolute atomic E-state index is 0.104. The normalized spacial score (nSPS) is 17.2. The molecule has 1 saturated heterocycles. The van der Waals surface area contributed by atoms with Gasteiger partial charge in [-0.15, -0.1) is 0 Å². The summed E-state index contributed by atoms with van der Waals surface area (Å²) in [5.74, 6) is -0.578. The summed E-state index contributed by atoms with van der Waals surface area (Å²) in [4.78, 5) is 43.3. The van der Waals surface area contributed by atoms with Crippen molar-refractivity contribution in [3.63, 3.8) is 0 Å². The number of imidazole rings is 1. The molecule has 1 fully saturated rings. The van der Waals surface area contributed by atoms with E-state index in [9.17, 15) is 23.2 Å². The Hall–Kier alpha value is -2.95. The minimum atomic E-state index is -0.517. The molecule has 1 atom stereocenters. The van der Waals surface area contributed by atoms with Gasteiger partial charge >= 0.3 is 5.69 Å². The number of hydrogen-bond acceptors (Lipinski definition) is 5. The van der Waals surface area contributed by atoms with Crippen molar-refractivity contribution in [3.8, 4) is 0 Å². The fourth-order valence-electron chi connectivity index (χ4n) is 3.79. The van der Waals surface area contributed by atoms with E-state index in [0.29, 0.717) is 30.8 Å². The van der Waals surface area contributed by atoms with Crippen molar-refractivity contribution in [2.75, 3.05) is 18.8 Å². The Morgan fingerprint density at radius 1 is 1.19 bits per heavy atom. The van der Waals surface area contributed by atoms with Crippen LogP contribution in [0.1, 0.15) is 17.2 Å². The lowest BCUT2D eigenvalue weighted by Gasteiger charge is -2.21. The summed E-state index contributed by atoms with van der Waals surface area (Å²) in [5, 5.41) is -0.246. The number of carbonyl (C=O) groups is 1. The topological polar surface area (TPSA) is 82.1 Å². The minimum Gasteiger partial charge on any atom is -0.340 e. The Kier molecular flexibility index (Phi) is 5.69. The molecule has 164 valence electrons. The van der Waals surface area contributed by atoms with Crippen LogP contribution in [0.25, 0.3) is 11.2 Å². The van der Waals surface area contributed by atoms with Crippen molar-refractivity contribution in [3.05, 3.63) is 62.6 Å². The molecular weight excluding hydrogens is 428 g/mol. The Labute approximate surface area is 180 Å². The molecule has 0 unspecified atom stereocenters. The van der Waals surface area contributed by atoms with Crippen LogP contribution in [-0.4, -0.2) is 48.3 Å². The number of fused-ring (bicyclic) bond motifs is 1. The molecule has 3 aromatic rings. The average Bonchev–Trinajstić information content (AvgIpc) is 3.00. The van der Waals surface area contributed by atoms with Crippen LogP contribution in [0.4, 0.5) is 8.78 Å². The molecule has 2 aromatic heterocycles. The molecule has 8 nitrogen and oxygen atoms in total. The largest absolute Gasteiger partial charge is 0.340 e. The zero-order chi connectivity index (χ0) is 22.3. The number of halogens is 2. The second kappa shape index (κ2) is 8.29. The van der Waals surface area contributed by atoms with E-state index in [0.717, 1.165) is 16.7 Å². The van der Waals surface area contributed by atoms with Crippen molar-refractivity contribution in [1.82, 2.24) is 23.6 Å². The highest BCUT2D eigenvalue weighted by molar-refractivity contribution is 7.99. The van der Waals surface area contributed by atoms with E-state index in [1.807, 2.05) is 0 Å². The Bertz CT molecular complexity index is 1280. The van der Waals surface area contributed by atoms with Gasteiger partial charge in [-0.3, -0.25) is 18.7 Å². The molecule has 4 rings (SSSR count). The van der Waals surface area contributed by atoms with Crippen molar-refractivity contribution >= 4 is 28.8 Å². The number of aromatic nitrogens is 4. The van der Waals surface area contributed by atoms with Gasteiger partial charge in [0.25, 0.3) is 5.56 Å². The third-order valence-corrected chi connectivity index (χ3v) is 6.83. The van der Waals surface area contributed by atoms with Crippen molar-refractivity contribution in [2.45, 2.75) is 18.2 Å². The Morgan fingerprint density at radius 2 is 1.97 bits per heavy atom. The van der Waals surface area contributed by atoms with E-state index < -0.39 is 22.9 Å². The first-order chi connectivity index (χ1) is 14.8. The third-order valence-electron chi connectivity index (χ3n) is 5.52. The summed E-state index contributed by atoms with van der Waals surface area (Å²) in [6.07, 6.45) is 1.86. The first-order valence-corrected chi connectivity index (χ1v) is 10.8. The smallest absolute Gasteiger partial charge is 0.332 e. The monoisotopic (exact) mass is 449 g/mol. The van der Waals surface area contributed by atoms with E-state index in [4.69, 9.17) is 0 Å². The second-order valence-corrected chi connectivity index (χ2v) is 8.76. The molecule has 0 spiro atoms. The van der Waals surface area contributed by atoms with Crippen LogP contribution in [0.15, 0.2) is 34.1 Å². The van der Waals surface area contributed by atoms with Crippen LogP contribution >= 0.6 is 11.8 Å². The number of carbonyl (C=O) groups excluding carboxylic acids is 1. The number of benzene rings is 1. The van der Waals surface area contributed by atoms with Crippen LogP contribution < -0.4 is 11.2 Å². The molecule has 1 aromatic carbocycles. The molecule has 1 amide bonds. The van der Waals surface area contributed by atoms with Gasteiger partial charge in [0.2, 0.25) is 5.91 Å². The van der Waals surface area contributed by atoms with E-state index in [-0.39, 0.29) is 28.9 Å². The third kappa shape index (κ3) is 3.89. The molecule has 0 bridgehead atoms. The SMILES string of the molecule is Cn1c(=O)c2c(ncn2CC(=O)N2CCS[C@@H](c3cc(F)ccc3F)CC2)n(C)c1=O. The lowest BCUT2D eigenvalue weighted by Crippen LogP contribution is -2.39. The van der Waals surface area contributed by atoms with Gasteiger partial charge in [0, 0.05) is 43.8 Å². The maximum absolute atomic E-state index is 14.1. The van der Waals surface area contributed by atoms with Crippen LogP contribution in [0.5, 0.6) is 0 Å². The second-order valence-electron chi connectivity index (χ2n) is 7.45. The summed E-state index contributed by atoms with van der Waals surface area (Å²) in [7, 11) is 2.89. The highest BCUT2D eigenvalue weighted by Crippen LogP contribution is 2.36. The summed E-state index contributed by atoms with van der Waals surface area (Å²) < 4.78 is 31.4. The van der Waals surface area contributed by atoms with Gasteiger partial charge in [-0.25, -0.2) is 18.6 Å². The lowest BCUT2D eigenvalue weighted by atomic mass is 10.1. The molecule has 0 N–H and O–H groups in total. The number of aryl methyl sites for hydroxylation is 1. The molecule has 1 aliphatic rings. The van der Waals surface area contributed by atoms with Crippen molar-refractivity contribution in [1.29, 1.82) is 0 Å². The van der Waals surface area contributed by atoms with Crippen molar-refractivity contribution in [2.24, 2.45) is 14.1 Å². The fraction of sp³-hybridized carbons (Fsp3) is 0.400. The van der Waals surface area contributed by atoms with Gasteiger partial charge in [0.05, 0.1) is 6.33 Å². The summed E-state index contributed by atoms with van der Waals surface area (Å²) in [5.41, 5.74) is -0.300. The molecule has 0 radical (unpaired) electrons. The molecule has 1 aliphatic heterocycles. The number of nitrogens with zero attached hydrogens (tertiary/aromatic N) is 5. The first-order valence-electron chi connectivity index (χ1n) is 9.73. The van der Waals surface area contributed by atoms with Crippen LogP contribution in [0.3, 0.4) is 0 Å². The van der Waals surface area contributed by atoms with Crippen LogP contribution in [0, 0.1) is 11.6 Å². The molecular formula is C20H21F2N5O3S. The molecule has 0 saturated carbocycles. The van der Waals surface area contributed by atoms with Gasteiger partial charge in [0.1, 0.15) is 18.2 Å². The predicted molar refractivity (Wildman–Crippen MR) is 113 cm³/mol. The first kappa shape index (κ1) is 21.3. The van der Waals surface area contributed by atoms with Gasteiger partial charge < -0.3 is 9.47 Å². The molecule has 31 heavy (non-hydrogen) atoms. The van der Waals surface area contributed by atoms with Crippen molar-refractivity contribution < 1.29 is 13.6 Å². The predicted octanol–water partition coefficient (Wildman–Crippen LogP) is 1.42. The summed E-state index contributed by atoms with van der Waals surface area (Å²) in [6, 6.07) is 3.42. The highest BCUT2D eigenvalue weighted by Gasteiger charge is 2.25. The number of rotatable bonds is 3. The van der Waals surface area contributed by atoms with Crippen LogP contribution in [-0.2, 0) is 25.4 Å². The summed E-state index contributed by atoms with van der Waals surface area (Å²) in [6.45, 7) is 0.739. The quantitative estimate of drug-likeness (QED) is 0.604. The standard InChI is InChI=1S/C20H21F2N5O3S/c1-24-18-17(19(29)25(2)20(24)30)27(11-23-18)10-16(28)26-6-5-15(31-8-7-26)13-9-12(21)3-4-14(13)22/h3-4,9,11,15H,5-8,10H2,1-2H3/t15-/m1/s1. The fourth-order valence-corrected chi connectivity index (χ4v) is 5.03.